The summed E-state index contributed by atoms with van der Waals surface area (Å²) >= 11 is 0. The number of carbonyl (C=O) groups is 1. The molecule has 4 heteroatoms. The zero-order valence-electron chi connectivity index (χ0n) is 9.81. The van der Waals surface area contributed by atoms with E-state index in [0.717, 1.165) is 31.0 Å². The van der Waals surface area contributed by atoms with E-state index in [1.54, 1.807) is 6.20 Å². The Hall–Kier alpha value is -1.45. The first-order chi connectivity index (χ1) is 7.80. The second-order valence-electron chi connectivity index (χ2n) is 4.07. The van der Waals surface area contributed by atoms with Gasteiger partial charge in [0.15, 0.2) is 6.29 Å². The zero-order chi connectivity index (χ0) is 11.5. The Labute approximate surface area is 95.7 Å². The van der Waals surface area contributed by atoms with E-state index in [4.69, 9.17) is 0 Å². The van der Waals surface area contributed by atoms with Gasteiger partial charge in [0.05, 0.1) is 5.56 Å². The van der Waals surface area contributed by atoms with E-state index in [0.29, 0.717) is 11.5 Å². The molecule has 1 heterocycles. The van der Waals surface area contributed by atoms with Gasteiger partial charge in [0.2, 0.25) is 0 Å². The van der Waals surface area contributed by atoms with E-state index < -0.39 is 0 Å². The van der Waals surface area contributed by atoms with Gasteiger partial charge < -0.3 is 4.90 Å². The van der Waals surface area contributed by atoms with Gasteiger partial charge in [-0.1, -0.05) is 0 Å². The topological polar surface area (TPSA) is 46.1 Å². The standard InChI is InChI=1S/C12H17N3O/c1-3-15(4-2)12-10(8-16)7-13-11(14-12)9-5-6-9/h7-9H,3-6H2,1-2H3. The van der Waals surface area contributed by atoms with Crippen molar-refractivity contribution in [2.24, 2.45) is 0 Å². The quantitative estimate of drug-likeness (QED) is 0.711. The molecule has 0 amide bonds. The highest BCUT2D eigenvalue weighted by atomic mass is 16.1. The fourth-order valence-corrected chi connectivity index (χ4v) is 1.79. The Morgan fingerprint density at radius 2 is 2.12 bits per heavy atom. The lowest BCUT2D eigenvalue weighted by Gasteiger charge is -2.21. The normalized spacial score (nSPS) is 14.9. The lowest BCUT2D eigenvalue weighted by Crippen LogP contribution is -2.25. The molecule has 1 aromatic rings. The average Bonchev–Trinajstić information content (AvgIpc) is 3.14. The fourth-order valence-electron chi connectivity index (χ4n) is 1.79. The summed E-state index contributed by atoms with van der Waals surface area (Å²) < 4.78 is 0. The Balaban J connectivity index is 2.37. The number of aldehydes is 1. The van der Waals surface area contributed by atoms with Crippen LogP contribution in [0.5, 0.6) is 0 Å². The maximum atomic E-state index is 11.0. The number of hydrogen-bond donors (Lipinski definition) is 0. The van der Waals surface area contributed by atoms with E-state index in [1.165, 1.54) is 12.8 Å². The molecule has 86 valence electrons. The maximum absolute atomic E-state index is 11.0. The van der Waals surface area contributed by atoms with Crippen LogP contribution in [-0.4, -0.2) is 29.3 Å². The second-order valence-corrected chi connectivity index (χ2v) is 4.07. The maximum Gasteiger partial charge on any atom is 0.155 e. The molecule has 0 bridgehead atoms. The molecule has 0 atom stereocenters. The molecule has 0 unspecified atom stereocenters. The number of carbonyl (C=O) groups excluding carboxylic acids is 1. The van der Waals surface area contributed by atoms with Gasteiger partial charge >= 0.3 is 0 Å². The van der Waals surface area contributed by atoms with Crippen molar-refractivity contribution in [3.8, 4) is 0 Å². The summed E-state index contributed by atoms with van der Waals surface area (Å²) in [6.07, 6.45) is 4.85. The van der Waals surface area contributed by atoms with Crippen LogP contribution in [0, 0.1) is 0 Å². The van der Waals surface area contributed by atoms with Crippen LogP contribution in [0.3, 0.4) is 0 Å². The molecule has 4 nitrogen and oxygen atoms in total. The molecule has 1 saturated carbocycles. The molecule has 16 heavy (non-hydrogen) atoms. The van der Waals surface area contributed by atoms with Crippen molar-refractivity contribution in [2.75, 3.05) is 18.0 Å². The second kappa shape index (κ2) is 4.60. The molecule has 2 rings (SSSR count). The van der Waals surface area contributed by atoms with Crippen LogP contribution >= 0.6 is 0 Å². The molecule has 0 N–H and O–H groups in total. The van der Waals surface area contributed by atoms with Crippen molar-refractivity contribution in [1.82, 2.24) is 9.97 Å². The van der Waals surface area contributed by atoms with Crippen LogP contribution in [0.15, 0.2) is 6.20 Å². The molecular formula is C12H17N3O. The number of rotatable bonds is 5. The average molecular weight is 219 g/mol. The number of hydrogen-bond acceptors (Lipinski definition) is 4. The first kappa shape index (κ1) is 11.0. The summed E-state index contributed by atoms with van der Waals surface area (Å²) in [5.41, 5.74) is 0.591. The number of nitrogens with zero attached hydrogens (tertiary/aromatic N) is 3. The Morgan fingerprint density at radius 3 is 2.62 bits per heavy atom. The molecule has 1 aliphatic rings. The third-order valence-electron chi connectivity index (χ3n) is 2.95. The zero-order valence-corrected chi connectivity index (χ0v) is 9.81. The molecule has 0 aliphatic heterocycles. The summed E-state index contributed by atoms with van der Waals surface area (Å²) in [6, 6.07) is 0. The predicted molar refractivity (Wildman–Crippen MR) is 63.0 cm³/mol. The Morgan fingerprint density at radius 1 is 1.44 bits per heavy atom. The lowest BCUT2D eigenvalue weighted by atomic mass is 10.3. The molecule has 1 fully saturated rings. The van der Waals surface area contributed by atoms with Gasteiger partial charge in [-0.3, -0.25) is 4.79 Å². The minimum Gasteiger partial charge on any atom is -0.356 e. The van der Waals surface area contributed by atoms with Crippen LogP contribution in [0.1, 0.15) is 48.8 Å². The van der Waals surface area contributed by atoms with Gasteiger partial charge in [-0.15, -0.1) is 0 Å². The molecular weight excluding hydrogens is 202 g/mol. The van der Waals surface area contributed by atoms with E-state index in [2.05, 4.69) is 28.7 Å². The third kappa shape index (κ3) is 2.05. The van der Waals surface area contributed by atoms with E-state index in [9.17, 15) is 4.79 Å². The largest absolute Gasteiger partial charge is 0.356 e. The minimum absolute atomic E-state index is 0.523. The van der Waals surface area contributed by atoms with Crippen LogP contribution in [0.25, 0.3) is 0 Å². The SMILES string of the molecule is CCN(CC)c1nc(C2CC2)ncc1C=O. The lowest BCUT2D eigenvalue weighted by molar-refractivity contribution is 0.112. The highest BCUT2D eigenvalue weighted by molar-refractivity contribution is 5.82. The smallest absolute Gasteiger partial charge is 0.155 e. The number of aromatic nitrogens is 2. The first-order valence-electron chi connectivity index (χ1n) is 5.87. The minimum atomic E-state index is 0.523. The van der Waals surface area contributed by atoms with Crippen molar-refractivity contribution < 1.29 is 4.79 Å². The highest BCUT2D eigenvalue weighted by Crippen LogP contribution is 2.38. The van der Waals surface area contributed by atoms with Crippen molar-refractivity contribution in [3.63, 3.8) is 0 Å². The molecule has 1 aromatic heterocycles. The summed E-state index contributed by atoms with van der Waals surface area (Å²) in [6.45, 7) is 5.85. The van der Waals surface area contributed by atoms with E-state index in [-0.39, 0.29) is 0 Å². The molecule has 1 aliphatic carbocycles. The third-order valence-corrected chi connectivity index (χ3v) is 2.95. The fraction of sp³-hybridized carbons (Fsp3) is 0.583. The van der Waals surface area contributed by atoms with Crippen molar-refractivity contribution in [2.45, 2.75) is 32.6 Å². The summed E-state index contributed by atoms with van der Waals surface area (Å²) in [5.74, 6) is 2.21. The monoisotopic (exact) mass is 219 g/mol. The molecule has 0 radical (unpaired) electrons. The predicted octanol–water partition coefficient (Wildman–Crippen LogP) is 2.01. The van der Waals surface area contributed by atoms with Crippen molar-refractivity contribution >= 4 is 12.1 Å². The van der Waals surface area contributed by atoms with Gasteiger partial charge in [-0.2, -0.15) is 0 Å². The number of anilines is 1. The van der Waals surface area contributed by atoms with Crippen LogP contribution in [-0.2, 0) is 0 Å². The van der Waals surface area contributed by atoms with Gasteiger partial charge in [-0.25, -0.2) is 9.97 Å². The van der Waals surface area contributed by atoms with Crippen LogP contribution in [0.2, 0.25) is 0 Å². The first-order valence-corrected chi connectivity index (χ1v) is 5.87. The van der Waals surface area contributed by atoms with Crippen LogP contribution in [0.4, 0.5) is 5.82 Å². The van der Waals surface area contributed by atoms with Gasteiger partial charge in [0.25, 0.3) is 0 Å². The van der Waals surface area contributed by atoms with Gasteiger partial charge in [-0.05, 0) is 26.7 Å². The highest BCUT2D eigenvalue weighted by Gasteiger charge is 2.27. The summed E-state index contributed by atoms with van der Waals surface area (Å²) in [5, 5.41) is 0. The van der Waals surface area contributed by atoms with Crippen molar-refractivity contribution in [3.05, 3.63) is 17.6 Å². The summed E-state index contributed by atoms with van der Waals surface area (Å²) in [7, 11) is 0. The molecule has 0 aromatic carbocycles. The Bertz CT molecular complexity index is 384. The summed E-state index contributed by atoms with van der Waals surface area (Å²) in [4.78, 5) is 21.8. The van der Waals surface area contributed by atoms with E-state index in [1.807, 2.05) is 0 Å². The Kier molecular flexibility index (Phi) is 3.17. The van der Waals surface area contributed by atoms with Crippen molar-refractivity contribution in [1.29, 1.82) is 0 Å². The van der Waals surface area contributed by atoms with E-state index >= 15 is 0 Å². The van der Waals surface area contributed by atoms with Gasteiger partial charge in [0.1, 0.15) is 11.6 Å². The van der Waals surface area contributed by atoms with Gasteiger partial charge in [0, 0.05) is 25.2 Å². The molecule has 0 spiro atoms. The van der Waals surface area contributed by atoms with Crippen LogP contribution < -0.4 is 4.90 Å². The molecule has 0 saturated heterocycles.